The first kappa shape index (κ1) is 17.0. The molecule has 0 bridgehead atoms. The molecule has 0 unspecified atom stereocenters. The predicted molar refractivity (Wildman–Crippen MR) is 102 cm³/mol. The summed E-state index contributed by atoms with van der Waals surface area (Å²) in [6.45, 7) is 7.01. The van der Waals surface area contributed by atoms with Crippen molar-refractivity contribution in [2.75, 3.05) is 19.7 Å². The normalized spacial score (nSPS) is 21.6. The van der Waals surface area contributed by atoms with E-state index in [2.05, 4.69) is 38.8 Å². The van der Waals surface area contributed by atoms with Crippen molar-refractivity contribution in [1.82, 2.24) is 15.2 Å². The van der Waals surface area contributed by atoms with Gasteiger partial charge in [-0.2, -0.15) is 0 Å². The summed E-state index contributed by atoms with van der Waals surface area (Å²) in [5, 5.41) is 6.81. The summed E-state index contributed by atoms with van der Waals surface area (Å²) in [5.41, 5.74) is 1.87. The Bertz CT molecular complexity index is 682. The molecule has 2 fully saturated rings. The van der Waals surface area contributed by atoms with Crippen LogP contribution in [0.25, 0.3) is 0 Å². The van der Waals surface area contributed by atoms with Crippen LogP contribution in [0.1, 0.15) is 36.8 Å². The minimum absolute atomic E-state index is 0.542. The zero-order valence-electron chi connectivity index (χ0n) is 14.9. The van der Waals surface area contributed by atoms with Crippen LogP contribution >= 0.6 is 11.3 Å². The van der Waals surface area contributed by atoms with Crippen molar-refractivity contribution < 1.29 is 4.74 Å². The lowest BCUT2D eigenvalue weighted by molar-refractivity contribution is 0.187. The van der Waals surface area contributed by atoms with Crippen LogP contribution in [-0.2, 0) is 13.1 Å². The molecule has 1 aromatic heterocycles. The van der Waals surface area contributed by atoms with Gasteiger partial charge in [0.2, 0.25) is 0 Å². The molecule has 5 heteroatoms. The highest BCUT2D eigenvalue weighted by atomic mass is 32.1. The Morgan fingerprint density at radius 3 is 2.96 bits per heavy atom. The van der Waals surface area contributed by atoms with Crippen molar-refractivity contribution in [1.29, 1.82) is 0 Å². The van der Waals surface area contributed by atoms with Gasteiger partial charge < -0.3 is 10.1 Å². The van der Waals surface area contributed by atoms with E-state index in [-0.39, 0.29) is 0 Å². The lowest BCUT2D eigenvalue weighted by Gasteiger charge is -2.29. The summed E-state index contributed by atoms with van der Waals surface area (Å²) < 4.78 is 5.68. The highest BCUT2D eigenvalue weighted by molar-refractivity contribution is 7.09. The molecule has 1 spiro atoms. The molecule has 4 rings (SSSR count). The van der Waals surface area contributed by atoms with E-state index in [1.165, 1.54) is 42.9 Å². The van der Waals surface area contributed by atoms with E-state index in [0.717, 1.165) is 18.8 Å². The molecular weight excluding hydrogens is 330 g/mol. The molecule has 25 heavy (non-hydrogen) atoms. The standard InChI is InChI=1S/C20H27N3OS/c1-2-24-17-5-3-4-16(12-17)14-23(15-19-22-10-11-25-19)18-13-20(18)6-8-21-9-7-20/h3-5,10-12,18,21H,2,6-9,13-15H2,1H3/t18-/m1/s1. The van der Waals surface area contributed by atoms with Crippen LogP contribution in [0.4, 0.5) is 0 Å². The maximum absolute atomic E-state index is 5.68. The SMILES string of the molecule is CCOc1cccc(CN(Cc2nccs2)[C@@H]2CC23CCNCC3)c1. The number of thiazole rings is 1. The first-order chi connectivity index (χ1) is 12.3. The van der Waals surface area contributed by atoms with Gasteiger partial charge in [0.15, 0.2) is 0 Å². The molecule has 2 aromatic rings. The van der Waals surface area contributed by atoms with Gasteiger partial charge in [-0.05, 0) is 62.4 Å². The molecule has 2 heterocycles. The van der Waals surface area contributed by atoms with Gasteiger partial charge in [0.25, 0.3) is 0 Å². The minimum atomic E-state index is 0.542. The van der Waals surface area contributed by atoms with Crippen LogP contribution in [0.2, 0.25) is 0 Å². The Kier molecular flexibility index (Phi) is 5.06. The second kappa shape index (κ2) is 7.44. The van der Waals surface area contributed by atoms with Crippen molar-refractivity contribution in [3.8, 4) is 5.75 Å². The lowest BCUT2D eigenvalue weighted by atomic mass is 9.93. The van der Waals surface area contributed by atoms with Gasteiger partial charge in [0.1, 0.15) is 10.8 Å². The molecule has 4 nitrogen and oxygen atoms in total. The molecular formula is C20H27N3OS. The molecule has 1 saturated heterocycles. The molecule has 1 atom stereocenters. The van der Waals surface area contributed by atoms with E-state index in [0.29, 0.717) is 18.1 Å². The Morgan fingerprint density at radius 2 is 2.20 bits per heavy atom. The first-order valence-electron chi connectivity index (χ1n) is 9.34. The summed E-state index contributed by atoms with van der Waals surface area (Å²) in [7, 11) is 0. The Labute approximate surface area is 154 Å². The van der Waals surface area contributed by atoms with Crippen LogP contribution in [0, 0.1) is 5.41 Å². The molecule has 1 N–H and O–H groups in total. The highest BCUT2D eigenvalue weighted by Gasteiger charge is 2.56. The largest absolute Gasteiger partial charge is 0.494 e. The number of nitrogens with zero attached hydrogens (tertiary/aromatic N) is 2. The quantitative estimate of drug-likeness (QED) is 0.820. The van der Waals surface area contributed by atoms with Gasteiger partial charge in [0, 0.05) is 24.2 Å². The van der Waals surface area contributed by atoms with E-state index in [1.54, 1.807) is 11.3 Å². The van der Waals surface area contributed by atoms with Crippen LogP contribution < -0.4 is 10.1 Å². The van der Waals surface area contributed by atoms with Crippen LogP contribution in [0.15, 0.2) is 35.8 Å². The van der Waals surface area contributed by atoms with Gasteiger partial charge >= 0.3 is 0 Å². The van der Waals surface area contributed by atoms with Gasteiger partial charge in [-0.1, -0.05) is 12.1 Å². The molecule has 1 aliphatic heterocycles. The maximum atomic E-state index is 5.68. The lowest BCUT2D eigenvalue weighted by Crippen LogP contribution is -2.35. The topological polar surface area (TPSA) is 37.4 Å². The summed E-state index contributed by atoms with van der Waals surface area (Å²) in [5.74, 6) is 0.974. The molecule has 2 aliphatic rings. The van der Waals surface area contributed by atoms with E-state index < -0.39 is 0 Å². The Hall–Kier alpha value is -1.43. The van der Waals surface area contributed by atoms with Gasteiger partial charge in [-0.25, -0.2) is 4.98 Å². The molecule has 1 aliphatic carbocycles. The van der Waals surface area contributed by atoms with Gasteiger partial charge in [-0.3, -0.25) is 4.90 Å². The van der Waals surface area contributed by atoms with Crippen molar-refractivity contribution in [3.63, 3.8) is 0 Å². The molecule has 1 aromatic carbocycles. The summed E-state index contributed by atoms with van der Waals surface area (Å²) in [6.07, 6.45) is 5.88. The van der Waals surface area contributed by atoms with E-state index in [1.807, 2.05) is 19.2 Å². The van der Waals surface area contributed by atoms with E-state index in [9.17, 15) is 0 Å². The van der Waals surface area contributed by atoms with Crippen molar-refractivity contribution in [2.24, 2.45) is 5.41 Å². The van der Waals surface area contributed by atoms with Crippen LogP contribution in [0.3, 0.4) is 0 Å². The number of ether oxygens (including phenoxy) is 1. The number of hydrogen-bond acceptors (Lipinski definition) is 5. The number of aromatic nitrogens is 1. The fourth-order valence-corrected chi connectivity index (χ4v) is 4.86. The fraction of sp³-hybridized carbons (Fsp3) is 0.550. The van der Waals surface area contributed by atoms with Gasteiger partial charge in [0.05, 0.1) is 13.2 Å². The third kappa shape index (κ3) is 3.89. The number of rotatable bonds is 7. The molecule has 134 valence electrons. The van der Waals surface area contributed by atoms with Crippen molar-refractivity contribution in [3.05, 3.63) is 46.4 Å². The molecule has 1 saturated carbocycles. The minimum Gasteiger partial charge on any atom is -0.494 e. The fourth-order valence-electron chi connectivity index (χ4n) is 4.22. The summed E-state index contributed by atoms with van der Waals surface area (Å²) >= 11 is 1.76. The third-order valence-corrected chi connectivity index (χ3v) is 6.37. The van der Waals surface area contributed by atoms with Crippen molar-refractivity contribution >= 4 is 11.3 Å². The second-order valence-corrected chi connectivity index (χ2v) is 8.22. The zero-order valence-corrected chi connectivity index (χ0v) is 15.7. The van der Waals surface area contributed by atoms with Gasteiger partial charge in [-0.15, -0.1) is 11.3 Å². The second-order valence-electron chi connectivity index (χ2n) is 7.24. The van der Waals surface area contributed by atoms with Crippen LogP contribution in [-0.4, -0.2) is 35.6 Å². The first-order valence-corrected chi connectivity index (χ1v) is 10.2. The number of hydrogen-bond donors (Lipinski definition) is 1. The maximum Gasteiger partial charge on any atom is 0.119 e. The predicted octanol–water partition coefficient (Wildman–Crippen LogP) is 3.69. The zero-order chi connectivity index (χ0) is 17.1. The average molecular weight is 358 g/mol. The number of nitrogens with one attached hydrogen (secondary N) is 1. The number of benzene rings is 1. The smallest absolute Gasteiger partial charge is 0.119 e. The monoisotopic (exact) mass is 357 g/mol. The number of piperidine rings is 1. The average Bonchev–Trinajstić information content (AvgIpc) is 3.05. The molecule has 0 amide bonds. The third-order valence-electron chi connectivity index (χ3n) is 5.60. The highest BCUT2D eigenvalue weighted by Crippen LogP contribution is 2.56. The van der Waals surface area contributed by atoms with Crippen LogP contribution in [0.5, 0.6) is 5.75 Å². The molecule has 0 radical (unpaired) electrons. The summed E-state index contributed by atoms with van der Waals surface area (Å²) in [6, 6.07) is 9.25. The van der Waals surface area contributed by atoms with E-state index >= 15 is 0 Å². The van der Waals surface area contributed by atoms with Crippen molar-refractivity contribution in [2.45, 2.75) is 45.3 Å². The van der Waals surface area contributed by atoms with E-state index in [4.69, 9.17) is 4.74 Å². The Morgan fingerprint density at radius 1 is 1.32 bits per heavy atom. The Balaban J connectivity index is 1.50. The summed E-state index contributed by atoms with van der Waals surface area (Å²) in [4.78, 5) is 7.18.